The van der Waals surface area contributed by atoms with Crippen LogP contribution in [0.15, 0.2) is 21.8 Å². The minimum absolute atomic E-state index is 0.715. The summed E-state index contributed by atoms with van der Waals surface area (Å²) < 4.78 is 6.94. The first kappa shape index (κ1) is 10.4. The van der Waals surface area contributed by atoms with Crippen LogP contribution in [0, 0.1) is 6.92 Å². The molecular formula is C11H11IOS. The van der Waals surface area contributed by atoms with Crippen LogP contribution in [0.2, 0.25) is 0 Å². The van der Waals surface area contributed by atoms with Crippen LogP contribution >= 0.6 is 34.4 Å². The van der Waals surface area contributed by atoms with Gasteiger partial charge < -0.3 is 4.74 Å². The van der Waals surface area contributed by atoms with E-state index < -0.39 is 0 Å². The summed E-state index contributed by atoms with van der Waals surface area (Å²) in [6, 6.07) is 6.35. The molecule has 0 bridgehead atoms. The molecule has 0 spiro atoms. The molecule has 0 amide bonds. The maximum Gasteiger partial charge on any atom is 0.128 e. The van der Waals surface area contributed by atoms with E-state index in [2.05, 4.69) is 54.0 Å². The van der Waals surface area contributed by atoms with Crippen molar-refractivity contribution in [2.45, 2.75) is 6.92 Å². The molecule has 1 aromatic rings. The predicted octanol–water partition coefficient (Wildman–Crippen LogP) is 3.85. The van der Waals surface area contributed by atoms with E-state index >= 15 is 0 Å². The molecule has 74 valence electrons. The highest BCUT2D eigenvalue weighted by molar-refractivity contribution is 14.1. The molecule has 3 heteroatoms. The fraction of sp³-hybridized carbons (Fsp3) is 0.273. The maximum atomic E-state index is 5.64. The monoisotopic (exact) mass is 318 g/mol. The van der Waals surface area contributed by atoms with Crippen molar-refractivity contribution in [2.75, 3.05) is 12.9 Å². The average molecular weight is 318 g/mol. The van der Waals surface area contributed by atoms with Gasteiger partial charge in [0.15, 0.2) is 0 Å². The summed E-state index contributed by atoms with van der Waals surface area (Å²) in [5.74, 6) is 1.01. The molecule has 0 aromatic heterocycles. The van der Waals surface area contributed by atoms with E-state index in [9.17, 15) is 0 Å². The molecule has 2 rings (SSSR count). The van der Waals surface area contributed by atoms with E-state index in [1.54, 1.807) is 11.8 Å². The summed E-state index contributed by atoms with van der Waals surface area (Å²) >= 11 is 4.16. The van der Waals surface area contributed by atoms with Gasteiger partial charge in [0, 0.05) is 14.0 Å². The number of aryl methyl sites for hydroxylation is 1. The summed E-state index contributed by atoms with van der Waals surface area (Å²) in [5, 5.41) is 0. The van der Waals surface area contributed by atoms with Crippen molar-refractivity contribution in [3.63, 3.8) is 0 Å². The van der Waals surface area contributed by atoms with Crippen molar-refractivity contribution in [1.29, 1.82) is 0 Å². The lowest BCUT2D eigenvalue weighted by molar-refractivity contribution is 0.356. The molecule has 1 aliphatic rings. The minimum atomic E-state index is 0.715. The number of benzene rings is 1. The van der Waals surface area contributed by atoms with Crippen LogP contribution in [0.5, 0.6) is 5.75 Å². The molecule has 1 nitrogen and oxygen atoms in total. The normalized spacial score (nSPS) is 15.1. The molecule has 0 saturated heterocycles. The highest BCUT2D eigenvalue weighted by Gasteiger charge is 2.17. The topological polar surface area (TPSA) is 9.23 Å². The van der Waals surface area contributed by atoms with Gasteiger partial charge in [0.2, 0.25) is 0 Å². The van der Waals surface area contributed by atoms with Crippen LogP contribution in [0.3, 0.4) is 0 Å². The van der Waals surface area contributed by atoms with Gasteiger partial charge in [-0.05, 0) is 47.9 Å². The number of halogens is 1. The van der Waals surface area contributed by atoms with Crippen LogP contribution in [0.4, 0.5) is 0 Å². The number of rotatable bonds is 1. The van der Waals surface area contributed by atoms with Crippen molar-refractivity contribution in [1.82, 2.24) is 0 Å². The molecule has 0 saturated carbocycles. The Morgan fingerprint density at radius 3 is 2.93 bits per heavy atom. The Balaban J connectivity index is 2.58. The van der Waals surface area contributed by atoms with Gasteiger partial charge in [-0.1, -0.05) is 11.6 Å². The Kier molecular flexibility index (Phi) is 3.07. The minimum Gasteiger partial charge on any atom is -0.488 e. The summed E-state index contributed by atoms with van der Waals surface area (Å²) in [5.41, 5.74) is 2.53. The third-order valence-corrected chi connectivity index (χ3v) is 4.28. The second-order valence-corrected chi connectivity index (χ2v) is 5.35. The lowest BCUT2D eigenvalue weighted by Gasteiger charge is -2.20. The van der Waals surface area contributed by atoms with Gasteiger partial charge in [-0.25, -0.2) is 0 Å². The van der Waals surface area contributed by atoms with E-state index in [0.717, 1.165) is 5.75 Å². The van der Waals surface area contributed by atoms with Crippen LogP contribution in [0.1, 0.15) is 11.1 Å². The van der Waals surface area contributed by atoms with Crippen LogP contribution in [-0.2, 0) is 0 Å². The third kappa shape index (κ3) is 1.80. The molecule has 1 aliphatic heterocycles. The Morgan fingerprint density at radius 2 is 2.21 bits per heavy atom. The number of hydrogen-bond acceptors (Lipinski definition) is 2. The van der Waals surface area contributed by atoms with Gasteiger partial charge in [0.05, 0.1) is 0 Å². The van der Waals surface area contributed by atoms with Crippen molar-refractivity contribution in [2.24, 2.45) is 0 Å². The van der Waals surface area contributed by atoms with Crippen molar-refractivity contribution in [3.8, 4) is 5.75 Å². The zero-order valence-electron chi connectivity index (χ0n) is 8.13. The first-order chi connectivity index (χ1) is 6.72. The molecule has 0 aliphatic carbocycles. The SMILES string of the molecule is CSC1=C(I)COc2ccc(C)cc21. The number of ether oxygens (including phenoxy) is 1. The molecule has 1 aromatic carbocycles. The van der Waals surface area contributed by atoms with Gasteiger partial charge >= 0.3 is 0 Å². The standard InChI is InChI=1S/C11H11IOS/c1-7-3-4-10-8(5-7)11(14-2)9(12)6-13-10/h3-5H,6H2,1-2H3. The Hall–Kier alpha value is -0.160. The Labute approximate surface area is 102 Å². The highest BCUT2D eigenvalue weighted by Crippen LogP contribution is 2.41. The largest absolute Gasteiger partial charge is 0.488 e. The number of fused-ring (bicyclic) bond motifs is 1. The van der Waals surface area contributed by atoms with Crippen LogP contribution < -0.4 is 4.74 Å². The van der Waals surface area contributed by atoms with E-state index in [0.29, 0.717) is 6.61 Å². The number of thioether (sulfide) groups is 1. The Morgan fingerprint density at radius 1 is 1.43 bits per heavy atom. The third-order valence-electron chi connectivity index (χ3n) is 2.18. The molecule has 0 N–H and O–H groups in total. The van der Waals surface area contributed by atoms with Crippen molar-refractivity contribution in [3.05, 3.63) is 32.9 Å². The van der Waals surface area contributed by atoms with E-state index in [1.807, 2.05) is 0 Å². The first-order valence-electron chi connectivity index (χ1n) is 4.39. The lowest BCUT2D eigenvalue weighted by Crippen LogP contribution is -2.06. The molecule has 1 heterocycles. The zero-order valence-corrected chi connectivity index (χ0v) is 11.1. The highest BCUT2D eigenvalue weighted by atomic mass is 127. The summed E-state index contributed by atoms with van der Waals surface area (Å²) in [6.45, 7) is 2.83. The second-order valence-electron chi connectivity index (χ2n) is 3.23. The van der Waals surface area contributed by atoms with Gasteiger partial charge in [0.25, 0.3) is 0 Å². The predicted molar refractivity (Wildman–Crippen MR) is 71.1 cm³/mol. The average Bonchev–Trinajstić information content (AvgIpc) is 2.17. The lowest BCUT2D eigenvalue weighted by atomic mass is 10.1. The van der Waals surface area contributed by atoms with Gasteiger partial charge in [-0.3, -0.25) is 0 Å². The maximum absolute atomic E-state index is 5.64. The van der Waals surface area contributed by atoms with Gasteiger partial charge in [-0.2, -0.15) is 0 Å². The fourth-order valence-electron chi connectivity index (χ4n) is 1.52. The first-order valence-corrected chi connectivity index (χ1v) is 6.69. The summed E-state index contributed by atoms with van der Waals surface area (Å²) in [6.07, 6.45) is 2.12. The van der Waals surface area contributed by atoms with E-state index in [4.69, 9.17) is 4.74 Å². The van der Waals surface area contributed by atoms with Crippen LogP contribution in [-0.4, -0.2) is 12.9 Å². The van der Waals surface area contributed by atoms with E-state index in [-0.39, 0.29) is 0 Å². The Bertz CT molecular complexity index is 398. The van der Waals surface area contributed by atoms with E-state index in [1.165, 1.54) is 19.6 Å². The zero-order chi connectivity index (χ0) is 10.1. The number of hydrogen-bond donors (Lipinski definition) is 0. The molecule has 0 fully saturated rings. The molecule has 0 unspecified atom stereocenters. The van der Waals surface area contributed by atoms with Gasteiger partial charge in [0.1, 0.15) is 12.4 Å². The molecule has 0 radical (unpaired) electrons. The second kappa shape index (κ2) is 4.14. The van der Waals surface area contributed by atoms with Gasteiger partial charge in [-0.15, -0.1) is 11.8 Å². The van der Waals surface area contributed by atoms with Crippen molar-refractivity contribution >= 4 is 39.3 Å². The molecule has 14 heavy (non-hydrogen) atoms. The van der Waals surface area contributed by atoms with Crippen LogP contribution in [0.25, 0.3) is 4.91 Å². The summed E-state index contributed by atoms with van der Waals surface area (Å²) in [7, 11) is 0. The van der Waals surface area contributed by atoms with Crippen molar-refractivity contribution < 1.29 is 4.74 Å². The smallest absolute Gasteiger partial charge is 0.128 e. The molecule has 0 atom stereocenters. The fourth-order valence-corrected chi connectivity index (χ4v) is 3.29. The summed E-state index contributed by atoms with van der Waals surface area (Å²) in [4.78, 5) is 1.36. The molecular weight excluding hydrogens is 307 g/mol. The quantitative estimate of drug-likeness (QED) is 0.727.